The molecule has 0 radical (unpaired) electrons. The Morgan fingerprint density at radius 2 is 2.00 bits per heavy atom. The van der Waals surface area contributed by atoms with Crippen LogP contribution in [-0.2, 0) is 17.8 Å². The molecule has 5 nitrogen and oxygen atoms in total. The summed E-state index contributed by atoms with van der Waals surface area (Å²) in [4.78, 5) is 19.4. The molecule has 0 saturated carbocycles. The molecule has 1 atom stereocenters. The zero-order valence-corrected chi connectivity index (χ0v) is 18.0. The highest BCUT2D eigenvalue weighted by molar-refractivity contribution is 6.30. The topological polar surface area (TPSA) is 51.7 Å². The van der Waals surface area contributed by atoms with Gasteiger partial charge in [-0.05, 0) is 54.4 Å². The maximum absolute atomic E-state index is 13.3. The minimum absolute atomic E-state index is 0.0948. The molecule has 1 aromatic heterocycles. The van der Waals surface area contributed by atoms with Crippen LogP contribution in [0, 0.1) is 5.92 Å². The second-order valence-electron chi connectivity index (χ2n) is 7.68. The number of amides is 1. The monoisotopic (exact) mass is 436 g/mol. The van der Waals surface area contributed by atoms with Gasteiger partial charge in [0, 0.05) is 35.9 Å². The Morgan fingerprint density at radius 1 is 1.10 bits per heavy atom. The van der Waals surface area contributed by atoms with E-state index in [1.165, 1.54) is 0 Å². The number of benzene rings is 2. The highest BCUT2D eigenvalue weighted by atomic mass is 35.5. The molecule has 1 aliphatic rings. The Kier molecular flexibility index (Phi) is 7.18. The van der Waals surface area contributed by atoms with Gasteiger partial charge in [0.15, 0.2) is 0 Å². The van der Waals surface area contributed by atoms with Crippen LogP contribution in [0.4, 0.5) is 0 Å². The van der Waals surface area contributed by atoms with Crippen molar-refractivity contribution in [1.82, 2.24) is 9.88 Å². The van der Waals surface area contributed by atoms with E-state index in [-0.39, 0.29) is 5.91 Å². The van der Waals surface area contributed by atoms with Gasteiger partial charge in [-0.1, -0.05) is 35.9 Å². The predicted octanol–water partition coefficient (Wildman–Crippen LogP) is 4.99. The van der Waals surface area contributed by atoms with Gasteiger partial charge in [0.2, 0.25) is 0 Å². The van der Waals surface area contributed by atoms with Crippen LogP contribution in [0.5, 0.6) is 5.75 Å². The van der Waals surface area contributed by atoms with Gasteiger partial charge in [-0.25, -0.2) is 0 Å². The Morgan fingerprint density at radius 3 is 2.77 bits per heavy atom. The van der Waals surface area contributed by atoms with Gasteiger partial charge >= 0.3 is 0 Å². The van der Waals surface area contributed by atoms with E-state index in [9.17, 15) is 4.79 Å². The molecule has 31 heavy (non-hydrogen) atoms. The van der Waals surface area contributed by atoms with E-state index in [1.54, 1.807) is 35.4 Å². The molecule has 0 unspecified atom stereocenters. The number of aromatic nitrogens is 1. The molecule has 160 valence electrons. The van der Waals surface area contributed by atoms with Crippen molar-refractivity contribution in [1.29, 1.82) is 0 Å². The van der Waals surface area contributed by atoms with Crippen LogP contribution < -0.4 is 4.74 Å². The molecule has 4 rings (SSSR count). The summed E-state index contributed by atoms with van der Waals surface area (Å²) in [6.07, 6.45) is 2.77. The summed E-state index contributed by atoms with van der Waals surface area (Å²) in [5.41, 5.74) is 2.37. The van der Waals surface area contributed by atoms with Gasteiger partial charge in [0.05, 0.1) is 25.5 Å². The summed E-state index contributed by atoms with van der Waals surface area (Å²) in [7, 11) is 0. The molecule has 2 heterocycles. The largest absolute Gasteiger partial charge is 0.493 e. The van der Waals surface area contributed by atoms with E-state index in [4.69, 9.17) is 21.1 Å². The number of carbonyl (C=O) groups excluding carboxylic acids is 1. The smallest absolute Gasteiger partial charge is 0.254 e. The molecule has 3 aromatic rings. The van der Waals surface area contributed by atoms with Gasteiger partial charge in [0.1, 0.15) is 5.75 Å². The quantitative estimate of drug-likeness (QED) is 0.499. The van der Waals surface area contributed by atoms with Gasteiger partial charge in [-0.15, -0.1) is 0 Å². The lowest BCUT2D eigenvalue weighted by atomic mass is 10.1. The first-order chi connectivity index (χ1) is 15.2. The van der Waals surface area contributed by atoms with Crippen LogP contribution >= 0.6 is 11.6 Å². The summed E-state index contributed by atoms with van der Waals surface area (Å²) in [6.45, 7) is 3.04. The number of carbonyl (C=O) groups is 1. The van der Waals surface area contributed by atoms with Crippen molar-refractivity contribution in [3.8, 4) is 5.75 Å². The highest BCUT2D eigenvalue weighted by Gasteiger charge is 2.19. The Bertz CT molecular complexity index is 1010. The van der Waals surface area contributed by atoms with Crippen molar-refractivity contribution >= 4 is 17.5 Å². The maximum Gasteiger partial charge on any atom is 0.254 e. The van der Waals surface area contributed by atoms with E-state index in [1.807, 2.05) is 42.5 Å². The van der Waals surface area contributed by atoms with E-state index in [0.717, 1.165) is 36.6 Å². The van der Waals surface area contributed by atoms with E-state index in [2.05, 4.69) is 4.98 Å². The first-order valence-corrected chi connectivity index (χ1v) is 10.8. The first-order valence-electron chi connectivity index (χ1n) is 10.4. The van der Waals surface area contributed by atoms with Crippen molar-refractivity contribution in [3.63, 3.8) is 0 Å². The summed E-state index contributed by atoms with van der Waals surface area (Å²) in [6, 6.07) is 20.6. The van der Waals surface area contributed by atoms with Crippen LogP contribution in [0.25, 0.3) is 0 Å². The van der Waals surface area contributed by atoms with E-state index >= 15 is 0 Å². The van der Waals surface area contributed by atoms with Crippen LogP contribution in [0.15, 0.2) is 72.9 Å². The summed E-state index contributed by atoms with van der Waals surface area (Å²) in [5, 5.41) is 0.537. The lowest BCUT2D eigenvalue weighted by molar-refractivity contribution is 0.0727. The van der Waals surface area contributed by atoms with Gasteiger partial charge in [-0.3, -0.25) is 9.78 Å². The number of hydrogen-bond acceptors (Lipinski definition) is 4. The highest BCUT2D eigenvalue weighted by Crippen LogP contribution is 2.21. The zero-order chi connectivity index (χ0) is 21.5. The molecule has 0 bridgehead atoms. The van der Waals surface area contributed by atoms with Crippen molar-refractivity contribution in [2.45, 2.75) is 19.5 Å². The normalized spacial score (nSPS) is 15.6. The second-order valence-corrected chi connectivity index (χ2v) is 8.12. The minimum Gasteiger partial charge on any atom is -0.493 e. The fourth-order valence-electron chi connectivity index (χ4n) is 3.57. The molecular weight excluding hydrogens is 412 g/mol. The fourth-order valence-corrected chi connectivity index (χ4v) is 3.76. The van der Waals surface area contributed by atoms with E-state index in [0.29, 0.717) is 36.2 Å². The van der Waals surface area contributed by atoms with Crippen LogP contribution in [0.1, 0.15) is 28.0 Å². The third kappa shape index (κ3) is 6.06. The number of nitrogens with zero attached hydrogens (tertiary/aromatic N) is 2. The van der Waals surface area contributed by atoms with E-state index < -0.39 is 0 Å². The molecule has 2 aromatic carbocycles. The first kappa shape index (κ1) is 21.3. The fraction of sp³-hybridized carbons (Fsp3) is 0.280. The van der Waals surface area contributed by atoms with Crippen molar-refractivity contribution in [2.75, 3.05) is 19.8 Å². The zero-order valence-electron chi connectivity index (χ0n) is 17.2. The number of pyridine rings is 1. The standard InChI is InChI=1S/C25H25ClN2O3/c26-22-7-4-6-21(14-22)25(29)28(16-23-8-1-2-11-27-23)15-19-5-3-9-24(13-19)31-18-20-10-12-30-17-20/h1-9,11,13-14,20H,10,12,15-18H2/t20-/m1/s1. The molecule has 0 aliphatic carbocycles. The molecule has 1 saturated heterocycles. The maximum atomic E-state index is 13.3. The third-order valence-electron chi connectivity index (χ3n) is 5.22. The molecular formula is C25H25ClN2O3. The van der Waals surface area contributed by atoms with Gasteiger partial charge in [0.25, 0.3) is 5.91 Å². The second kappa shape index (κ2) is 10.4. The van der Waals surface area contributed by atoms with Crippen molar-refractivity contribution in [3.05, 3.63) is 94.8 Å². The van der Waals surface area contributed by atoms with Crippen LogP contribution in [-0.4, -0.2) is 35.6 Å². The summed E-state index contributed by atoms with van der Waals surface area (Å²) >= 11 is 6.11. The number of ether oxygens (including phenoxy) is 2. The van der Waals surface area contributed by atoms with Crippen molar-refractivity contribution in [2.24, 2.45) is 5.92 Å². The molecule has 6 heteroatoms. The lowest BCUT2D eigenvalue weighted by Crippen LogP contribution is -2.30. The van der Waals surface area contributed by atoms with Crippen LogP contribution in [0.3, 0.4) is 0 Å². The molecule has 0 N–H and O–H groups in total. The minimum atomic E-state index is -0.0948. The Hall–Kier alpha value is -2.89. The van der Waals surface area contributed by atoms with Gasteiger partial charge < -0.3 is 14.4 Å². The number of hydrogen-bond donors (Lipinski definition) is 0. The van der Waals surface area contributed by atoms with Crippen LogP contribution in [0.2, 0.25) is 5.02 Å². The average molecular weight is 437 g/mol. The van der Waals surface area contributed by atoms with Crippen molar-refractivity contribution < 1.29 is 14.3 Å². The number of halogens is 1. The molecule has 0 spiro atoms. The molecule has 1 fully saturated rings. The predicted molar refractivity (Wildman–Crippen MR) is 120 cm³/mol. The molecule has 1 aliphatic heterocycles. The lowest BCUT2D eigenvalue weighted by Gasteiger charge is -2.23. The molecule has 1 amide bonds. The van der Waals surface area contributed by atoms with Gasteiger partial charge in [-0.2, -0.15) is 0 Å². The Labute approximate surface area is 187 Å². The third-order valence-corrected chi connectivity index (χ3v) is 5.45. The average Bonchev–Trinajstić information content (AvgIpc) is 3.32. The Balaban J connectivity index is 1.51. The number of rotatable bonds is 8. The summed E-state index contributed by atoms with van der Waals surface area (Å²) < 4.78 is 11.4. The summed E-state index contributed by atoms with van der Waals surface area (Å²) in [5.74, 6) is 1.15. The SMILES string of the molecule is O=C(c1cccc(Cl)c1)N(Cc1cccc(OC[C@@H]2CCOC2)c1)Cc1ccccn1.